The van der Waals surface area contributed by atoms with Gasteiger partial charge in [0.2, 0.25) is 0 Å². The maximum atomic E-state index is 14.6. The van der Waals surface area contributed by atoms with Gasteiger partial charge in [0.05, 0.1) is 11.7 Å². The van der Waals surface area contributed by atoms with E-state index in [-0.39, 0.29) is 24.0 Å². The lowest BCUT2D eigenvalue weighted by atomic mass is 9.81. The van der Waals surface area contributed by atoms with E-state index in [0.29, 0.717) is 31.4 Å². The molecule has 1 aromatic heterocycles. The topological polar surface area (TPSA) is 87.1 Å². The van der Waals surface area contributed by atoms with Crippen molar-refractivity contribution in [3.8, 4) is 17.0 Å². The number of benzene rings is 2. The molecule has 232 valence electrons. The molecule has 1 N–H and O–H groups in total. The first kappa shape index (κ1) is 30.1. The molecular weight excluding hydrogens is 569 g/mol. The number of carbonyl (C=O) groups is 1. The van der Waals surface area contributed by atoms with Crippen molar-refractivity contribution in [2.75, 3.05) is 53.4 Å². The van der Waals surface area contributed by atoms with Gasteiger partial charge in [0.15, 0.2) is 0 Å². The lowest BCUT2D eigenvalue weighted by Crippen LogP contribution is -2.47. The fourth-order valence-electron chi connectivity index (χ4n) is 6.90. The Hall–Kier alpha value is -2.99. The number of likely N-dealkylation sites (N-methyl/N-ethyl adjacent to an activating group) is 3. The molecule has 2 aliphatic heterocycles. The average molecular weight is 612 g/mol. The van der Waals surface area contributed by atoms with Gasteiger partial charge in [-0.25, -0.2) is 9.11 Å². The third-order valence-electron chi connectivity index (χ3n) is 9.61. The van der Waals surface area contributed by atoms with E-state index in [2.05, 4.69) is 33.1 Å². The molecule has 3 heterocycles. The molecule has 0 spiro atoms. The van der Waals surface area contributed by atoms with Gasteiger partial charge in [-0.05, 0) is 62.2 Å². The number of hydrogen-bond acceptors (Lipinski definition) is 6. The van der Waals surface area contributed by atoms with E-state index in [1.165, 1.54) is 35.5 Å². The summed E-state index contributed by atoms with van der Waals surface area (Å²) in [5, 5.41) is 1.05. The molecule has 3 aliphatic rings. The first-order valence-corrected chi connectivity index (χ1v) is 16.9. The highest BCUT2D eigenvalue weighted by molar-refractivity contribution is 7.87. The minimum atomic E-state index is -4.03. The summed E-state index contributed by atoms with van der Waals surface area (Å²) in [5.41, 5.74) is 4.23. The number of rotatable bonds is 2. The van der Waals surface area contributed by atoms with Crippen LogP contribution in [0.25, 0.3) is 22.2 Å². The van der Waals surface area contributed by atoms with Gasteiger partial charge in [-0.2, -0.15) is 12.7 Å². The van der Waals surface area contributed by atoms with Crippen molar-refractivity contribution in [1.82, 2.24) is 23.4 Å². The Morgan fingerprint density at radius 1 is 1.00 bits per heavy atom. The number of halogens is 1. The van der Waals surface area contributed by atoms with Crippen molar-refractivity contribution in [1.29, 1.82) is 0 Å². The van der Waals surface area contributed by atoms with Gasteiger partial charge < -0.3 is 14.2 Å². The Kier molecular flexibility index (Phi) is 8.52. The van der Waals surface area contributed by atoms with Crippen molar-refractivity contribution < 1.29 is 22.3 Å². The maximum Gasteiger partial charge on any atom is 0.303 e. The van der Waals surface area contributed by atoms with E-state index < -0.39 is 16.1 Å². The van der Waals surface area contributed by atoms with Crippen LogP contribution in [0.15, 0.2) is 36.4 Å². The molecular formula is C32H42FN5O4S. The van der Waals surface area contributed by atoms with Gasteiger partial charge in [-0.1, -0.05) is 32.3 Å². The number of amides is 1. The molecule has 0 saturated heterocycles. The molecule has 6 rings (SSSR count). The summed E-state index contributed by atoms with van der Waals surface area (Å²) in [6.45, 7) is 6.10. The zero-order chi connectivity index (χ0) is 30.3. The number of hydrogen-bond donors (Lipinski definition) is 1. The van der Waals surface area contributed by atoms with E-state index in [9.17, 15) is 17.6 Å². The number of nitrogens with one attached hydrogen (secondary N) is 1. The predicted octanol–water partition coefficient (Wildman–Crippen LogP) is 4.43. The van der Waals surface area contributed by atoms with Gasteiger partial charge in [0.25, 0.3) is 5.91 Å². The highest BCUT2D eigenvalue weighted by Gasteiger charge is 2.32. The minimum Gasteiger partial charge on any atom is -0.491 e. The average Bonchev–Trinajstić information content (AvgIpc) is 3.30. The van der Waals surface area contributed by atoms with E-state index >= 15 is 0 Å². The zero-order valence-corrected chi connectivity index (χ0v) is 26.1. The lowest BCUT2D eigenvalue weighted by Gasteiger charge is -2.34. The largest absolute Gasteiger partial charge is 0.491 e. The summed E-state index contributed by atoms with van der Waals surface area (Å²) in [4.78, 5) is 17.9. The van der Waals surface area contributed by atoms with Crippen LogP contribution >= 0.6 is 0 Å². The smallest absolute Gasteiger partial charge is 0.303 e. The first-order valence-electron chi connectivity index (χ1n) is 15.5. The lowest BCUT2D eigenvalue weighted by molar-refractivity contribution is 0.0979. The van der Waals surface area contributed by atoms with Crippen LogP contribution in [-0.2, 0) is 16.8 Å². The van der Waals surface area contributed by atoms with Crippen LogP contribution in [0.5, 0.6) is 5.75 Å². The van der Waals surface area contributed by atoms with E-state index in [1.54, 1.807) is 6.07 Å². The molecule has 1 aliphatic carbocycles. The normalized spacial score (nSPS) is 23.1. The van der Waals surface area contributed by atoms with Crippen LogP contribution in [0.2, 0.25) is 0 Å². The molecule has 2 aromatic carbocycles. The monoisotopic (exact) mass is 611 g/mol. The Labute approximate surface area is 253 Å². The number of carbonyl (C=O) groups excluding carboxylic acids is 1. The molecule has 11 heteroatoms. The Balaban J connectivity index is 1.58. The second-order valence-electron chi connectivity index (χ2n) is 12.2. The second-order valence-corrected chi connectivity index (χ2v) is 14.0. The fourth-order valence-corrected chi connectivity index (χ4v) is 7.73. The summed E-state index contributed by atoms with van der Waals surface area (Å²) in [5.74, 6) is -0.157. The van der Waals surface area contributed by atoms with Gasteiger partial charge in [-0.3, -0.25) is 9.69 Å². The highest BCUT2D eigenvalue weighted by atomic mass is 32.2. The fraction of sp³-hybridized carbons (Fsp3) is 0.531. The molecule has 3 aromatic rings. The van der Waals surface area contributed by atoms with Gasteiger partial charge >= 0.3 is 10.2 Å². The van der Waals surface area contributed by atoms with E-state index in [4.69, 9.17) is 4.74 Å². The molecule has 9 nitrogen and oxygen atoms in total. The number of fused-ring (bicyclic) bond motifs is 4. The summed E-state index contributed by atoms with van der Waals surface area (Å²) in [6, 6.07) is 10.3. The predicted molar refractivity (Wildman–Crippen MR) is 166 cm³/mol. The van der Waals surface area contributed by atoms with Crippen LogP contribution < -0.4 is 9.46 Å². The van der Waals surface area contributed by atoms with Crippen LogP contribution in [0.1, 0.15) is 60.9 Å². The summed E-state index contributed by atoms with van der Waals surface area (Å²) >= 11 is 0. The summed E-state index contributed by atoms with van der Waals surface area (Å²) < 4.78 is 53.0. The van der Waals surface area contributed by atoms with E-state index in [0.717, 1.165) is 67.5 Å². The molecule has 1 saturated carbocycles. The van der Waals surface area contributed by atoms with Gasteiger partial charge in [0.1, 0.15) is 18.2 Å². The standard InChI is InChI=1S/C32H42FN5O4S/c1-4-37-16-14-35(2)25-20-38-28-18-23(32(39)34-43(40,41)36(3)15-17-37)10-12-26(28)30(22-8-6-5-7-9-22)31(38)27-13-11-24(33)19-29(27)42-21-25/h10-13,18-19,22,25H,4-9,14-17,20-21H2,1-3H3,(H,34,39). The summed E-state index contributed by atoms with van der Waals surface area (Å²) in [7, 11) is -0.446. The first-order chi connectivity index (χ1) is 20.7. The Morgan fingerprint density at radius 3 is 2.53 bits per heavy atom. The van der Waals surface area contributed by atoms with Crippen molar-refractivity contribution in [2.45, 2.75) is 57.5 Å². The van der Waals surface area contributed by atoms with Crippen molar-refractivity contribution >= 4 is 27.0 Å². The van der Waals surface area contributed by atoms with Gasteiger partial charge in [0, 0.05) is 67.9 Å². The highest BCUT2D eigenvalue weighted by Crippen LogP contribution is 2.47. The molecule has 0 radical (unpaired) electrons. The molecule has 1 amide bonds. The maximum absolute atomic E-state index is 14.6. The van der Waals surface area contributed by atoms with E-state index in [1.807, 2.05) is 18.2 Å². The SMILES string of the molecule is CCN1CCN(C)C2COc3cc(F)ccc3-c3c(C4CCCCC4)c4ccc(cc4n3C2)C(=O)NS(=O)(=O)N(C)CC1. The molecule has 1 atom stereocenters. The van der Waals surface area contributed by atoms with Crippen molar-refractivity contribution in [3.63, 3.8) is 0 Å². The second kappa shape index (κ2) is 12.2. The number of ether oxygens (including phenoxy) is 1. The summed E-state index contributed by atoms with van der Waals surface area (Å²) in [6.07, 6.45) is 5.63. The van der Waals surface area contributed by atoms with Gasteiger partial charge in [-0.15, -0.1) is 0 Å². The third kappa shape index (κ3) is 5.92. The molecule has 4 bridgehead atoms. The molecule has 1 unspecified atom stereocenters. The number of nitrogens with zero attached hydrogens (tertiary/aromatic N) is 4. The van der Waals surface area contributed by atoms with Crippen LogP contribution in [0, 0.1) is 5.82 Å². The number of aromatic nitrogens is 1. The quantitative estimate of drug-likeness (QED) is 0.462. The van der Waals surface area contributed by atoms with Crippen molar-refractivity contribution in [3.05, 3.63) is 53.3 Å². The van der Waals surface area contributed by atoms with Crippen LogP contribution in [0.4, 0.5) is 4.39 Å². The van der Waals surface area contributed by atoms with Crippen molar-refractivity contribution in [2.24, 2.45) is 0 Å². The van der Waals surface area contributed by atoms with Crippen LogP contribution in [0.3, 0.4) is 0 Å². The molecule has 1 fully saturated rings. The third-order valence-corrected chi connectivity index (χ3v) is 11.1. The minimum absolute atomic E-state index is 0.0166. The zero-order valence-electron chi connectivity index (χ0n) is 25.3. The Morgan fingerprint density at radius 2 is 1.77 bits per heavy atom. The Bertz CT molecular complexity index is 1620. The molecule has 43 heavy (non-hydrogen) atoms. The van der Waals surface area contributed by atoms with Crippen LogP contribution in [-0.4, -0.2) is 92.5 Å².